The quantitative estimate of drug-likeness (QED) is 0.192. The Balaban J connectivity index is 1.79. The standard InChI is InChI=1S/C38H57N3O7/c1-10-24(2)29-22-32(47-9)30(34-33(44)31(43)21-28(23-42)48-34)20-27(29)19-26-13-11-25(12-14-26)15-16-37(3,4)35(45)40-38(5,6)36(46)39-17-18-41(7)8/h11-16,20,22,24,28,31,33-34,42-44H,10,17-19,21,23H2,1-9H3,(H,39,46)(H,40,45)/b16-15+/t24?,28-,31-,33-,34-/m0/s1. The fourth-order valence-electron chi connectivity index (χ4n) is 5.68. The summed E-state index contributed by atoms with van der Waals surface area (Å²) in [5.74, 6) is 0.341. The number of amides is 2. The molecular weight excluding hydrogens is 610 g/mol. The van der Waals surface area contributed by atoms with E-state index in [1.54, 1.807) is 21.0 Å². The molecule has 1 heterocycles. The maximum atomic E-state index is 13.2. The number of carbonyl (C=O) groups is 2. The van der Waals surface area contributed by atoms with Crippen LogP contribution in [0.1, 0.15) is 94.2 Å². The van der Waals surface area contributed by atoms with Crippen LogP contribution in [-0.2, 0) is 20.7 Å². The summed E-state index contributed by atoms with van der Waals surface area (Å²) in [5.41, 5.74) is 2.91. The highest BCUT2D eigenvalue weighted by Gasteiger charge is 2.39. The highest BCUT2D eigenvalue weighted by Crippen LogP contribution is 2.40. The van der Waals surface area contributed by atoms with Gasteiger partial charge in [-0.25, -0.2) is 0 Å². The van der Waals surface area contributed by atoms with Crippen LogP contribution in [0.25, 0.3) is 6.08 Å². The first kappa shape index (κ1) is 39.2. The Morgan fingerprint density at radius 2 is 1.77 bits per heavy atom. The van der Waals surface area contributed by atoms with Crippen molar-refractivity contribution in [3.05, 3.63) is 70.3 Å². The highest BCUT2D eigenvalue weighted by atomic mass is 16.5. The van der Waals surface area contributed by atoms with Crippen molar-refractivity contribution in [2.75, 3.05) is 40.9 Å². The van der Waals surface area contributed by atoms with Gasteiger partial charge in [-0.2, -0.15) is 0 Å². The summed E-state index contributed by atoms with van der Waals surface area (Å²) in [5, 5.41) is 36.9. The molecule has 1 fully saturated rings. The van der Waals surface area contributed by atoms with Gasteiger partial charge in [0.05, 0.1) is 31.3 Å². The third-order valence-electron chi connectivity index (χ3n) is 9.18. The molecule has 0 saturated carbocycles. The topological polar surface area (TPSA) is 141 Å². The maximum absolute atomic E-state index is 13.2. The lowest BCUT2D eigenvalue weighted by Crippen LogP contribution is -2.57. The molecule has 1 aliphatic heterocycles. The van der Waals surface area contributed by atoms with Gasteiger partial charge < -0.3 is 40.3 Å². The summed E-state index contributed by atoms with van der Waals surface area (Å²) in [4.78, 5) is 27.9. The Morgan fingerprint density at radius 1 is 1.10 bits per heavy atom. The van der Waals surface area contributed by atoms with Crippen LogP contribution in [0.4, 0.5) is 0 Å². The predicted octanol–water partition coefficient (Wildman–Crippen LogP) is 3.96. The molecule has 1 aliphatic rings. The molecule has 10 heteroatoms. The molecule has 0 spiro atoms. The summed E-state index contributed by atoms with van der Waals surface area (Å²) >= 11 is 0. The van der Waals surface area contributed by atoms with E-state index >= 15 is 0 Å². The van der Waals surface area contributed by atoms with E-state index < -0.39 is 35.4 Å². The van der Waals surface area contributed by atoms with Crippen molar-refractivity contribution in [1.82, 2.24) is 15.5 Å². The molecule has 5 atom stereocenters. The second-order valence-corrected chi connectivity index (χ2v) is 14.4. The Hall–Kier alpha value is -3.28. The zero-order chi connectivity index (χ0) is 35.8. The van der Waals surface area contributed by atoms with Crippen LogP contribution >= 0.6 is 0 Å². The minimum Gasteiger partial charge on any atom is -0.496 e. The van der Waals surface area contributed by atoms with Crippen molar-refractivity contribution in [3.63, 3.8) is 0 Å². The second-order valence-electron chi connectivity index (χ2n) is 14.4. The lowest BCUT2D eigenvalue weighted by molar-refractivity contribution is -0.180. The van der Waals surface area contributed by atoms with Gasteiger partial charge in [-0.1, -0.05) is 50.3 Å². The highest BCUT2D eigenvalue weighted by molar-refractivity contribution is 5.93. The van der Waals surface area contributed by atoms with Crippen LogP contribution in [0.3, 0.4) is 0 Å². The Morgan fingerprint density at radius 3 is 2.35 bits per heavy atom. The maximum Gasteiger partial charge on any atom is 0.245 e. The molecule has 266 valence electrons. The molecule has 5 N–H and O–H groups in total. The number of rotatable bonds is 15. The lowest BCUT2D eigenvalue weighted by Gasteiger charge is -2.37. The largest absolute Gasteiger partial charge is 0.496 e. The van der Waals surface area contributed by atoms with Gasteiger partial charge >= 0.3 is 0 Å². The average molecular weight is 668 g/mol. The molecule has 1 saturated heterocycles. The molecule has 0 radical (unpaired) electrons. The summed E-state index contributed by atoms with van der Waals surface area (Å²) in [6.07, 6.45) is 1.85. The van der Waals surface area contributed by atoms with E-state index in [0.29, 0.717) is 30.8 Å². The number of ether oxygens (including phenoxy) is 2. The Bertz CT molecular complexity index is 1400. The first-order chi connectivity index (χ1) is 22.5. The van der Waals surface area contributed by atoms with Crippen molar-refractivity contribution < 1.29 is 34.4 Å². The third kappa shape index (κ3) is 10.1. The number of carbonyl (C=O) groups excluding carboxylic acids is 2. The summed E-state index contributed by atoms with van der Waals surface area (Å²) in [6, 6.07) is 12.1. The zero-order valence-electron chi connectivity index (χ0n) is 30.2. The van der Waals surface area contributed by atoms with Crippen molar-refractivity contribution in [2.24, 2.45) is 5.41 Å². The van der Waals surface area contributed by atoms with Crippen molar-refractivity contribution >= 4 is 17.9 Å². The van der Waals surface area contributed by atoms with Crippen LogP contribution in [0.2, 0.25) is 0 Å². The van der Waals surface area contributed by atoms with Crippen LogP contribution in [0, 0.1) is 5.41 Å². The lowest BCUT2D eigenvalue weighted by atomic mass is 9.85. The number of nitrogens with one attached hydrogen (secondary N) is 2. The number of hydrogen-bond donors (Lipinski definition) is 5. The SMILES string of the molecule is CCC(C)c1cc(OC)c([C@@H]2O[C@H](CO)C[C@H](O)[C@@H]2O)cc1Cc1ccc(/C=C/C(C)(C)C(=O)NC(C)(C)C(=O)NCCN(C)C)cc1. The van der Waals surface area contributed by atoms with E-state index in [-0.39, 0.29) is 30.8 Å². The van der Waals surface area contributed by atoms with Gasteiger partial charge in [0.15, 0.2) is 0 Å². The number of likely N-dealkylation sites (N-methyl/N-ethyl adjacent to an activating group) is 1. The Labute approximate surface area is 286 Å². The first-order valence-electron chi connectivity index (χ1n) is 16.9. The molecule has 0 aromatic heterocycles. The normalized spacial score (nSPS) is 20.9. The van der Waals surface area contributed by atoms with Gasteiger partial charge in [0.2, 0.25) is 11.8 Å². The summed E-state index contributed by atoms with van der Waals surface area (Å²) < 4.78 is 11.8. The summed E-state index contributed by atoms with van der Waals surface area (Å²) in [6.45, 7) is 12.3. The third-order valence-corrected chi connectivity index (χ3v) is 9.18. The van der Waals surface area contributed by atoms with Crippen molar-refractivity contribution in [1.29, 1.82) is 0 Å². The van der Waals surface area contributed by atoms with E-state index in [0.717, 1.165) is 28.7 Å². The van der Waals surface area contributed by atoms with Gasteiger partial charge in [0.1, 0.15) is 23.5 Å². The summed E-state index contributed by atoms with van der Waals surface area (Å²) in [7, 11) is 5.45. The monoisotopic (exact) mass is 667 g/mol. The molecular formula is C38H57N3O7. The molecule has 0 bridgehead atoms. The molecule has 1 unspecified atom stereocenters. The van der Waals surface area contributed by atoms with Gasteiger partial charge in [0, 0.05) is 25.1 Å². The number of nitrogens with zero attached hydrogens (tertiary/aromatic N) is 1. The average Bonchev–Trinajstić information content (AvgIpc) is 3.04. The van der Waals surface area contributed by atoms with E-state index in [2.05, 4.69) is 36.6 Å². The minimum absolute atomic E-state index is 0.156. The van der Waals surface area contributed by atoms with E-state index in [1.165, 1.54) is 0 Å². The van der Waals surface area contributed by atoms with Crippen molar-refractivity contribution in [3.8, 4) is 5.75 Å². The smallest absolute Gasteiger partial charge is 0.245 e. The molecule has 2 aromatic carbocycles. The van der Waals surface area contributed by atoms with Crippen LogP contribution in [0.5, 0.6) is 5.75 Å². The molecule has 2 amide bonds. The predicted molar refractivity (Wildman–Crippen MR) is 189 cm³/mol. The van der Waals surface area contributed by atoms with Crippen LogP contribution < -0.4 is 15.4 Å². The van der Waals surface area contributed by atoms with Crippen LogP contribution in [0.15, 0.2) is 42.5 Å². The number of aliphatic hydroxyl groups is 3. The van der Waals surface area contributed by atoms with Gasteiger partial charge in [0.25, 0.3) is 0 Å². The molecule has 3 rings (SSSR count). The van der Waals surface area contributed by atoms with Gasteiger partial charge in [-0.15, -0.1) is 0 Å². The van der Waals surface area contributed by atoms with Gasteiger partial charge in [-0.3, -0.25) is 9.59 Å². The molecule has 2 aromatic rings. The second kappa shape index (κ2) is 16.9. The number of aliphatic hydroxyl groups excluding tert-OH is 3. The van der Waals surface area contributed by atoms with E-state index in [9.17, 15) is 24.9 Å². The zero-order valence-corrected chi connectivity index (χ0v) is 30.2. The van der Waals surface area contributed by atoms with E-state index in [4.69, 9.17) is 9.47 Å². The Kier molecular flexibility index (Phi) is 13.8. The number of hydrogen-bond acceptors (Lipinski definition) is 8. The first-order valence-corrected chi connectivity index (χ1v) is 16.9. The number of benzene rings is 2. The minimum atomic E-state index is -1.15. The number of methoxy groups -OCH3 is 1. The van der Waals surface area contributed by atoms with Crippen molar-refractivity contribution in [2.45, 2.75) is 96.7 Å². The molecule has 10 nitrogen and oxygen atoms in total. The fraction of sp³-hybridized carbons (Fsp3) is 0.579. The van der Waals surface area contributed by atoms with E-state index in [1.807, 2.05) is 69.3 Å². The molecule has 48 heavy (non-hydrogen) atoms. The van der Waals surface area contributed by atoms with Crippen LogP contribution in [-0.4, -0.2) is 96.8 Å². The van der Waals surface area contributed by atoms with Gasteiger partial charge in [-0.05, 0) is 94.9 Å². The molecule has 0 aliphatic carbocycles. The fourth-order valence-corrected chi connectivity index (χ4v) is 5.68.